The number of nitriles is 1. The molecular weight excluding hydrogens is 154 g/mol. The van der Waals surface area contributed by atoms with Crippen LogP contribution in [0.15, 0.2) is 0 Å². The number of ether oxygens (including phenoxy) is 1. The SMILES string of the molecule is C[SiH](C)C1(C#N)CCCCO1. The number of nitrogens with zero attached hydrogens (tertiary/aromatic N) is 1. The molecule has 1 rings (SSSR count). The third kappa shape index (κ3) is 1.63. The van der Waals surface area contributed by atoms with Gasteiger partial charge in [0.15, 0.2) is 0 Å². The second-order valence-electron chi connectivity index (χ2n) is 3.46. The molecule has 0 saturated carbocycles. The summed E-state index contributed by atoms with van der Waals surface area (Å²) >= 11 is 0. The van der Waals surface area contributed by atoms with Crippen molar-refractivity contribution in [2.75, 3.05) is 6.61 Å². The van der Waals surface area contributed by atoms with E-state index in [0.29, 0.717) is 0 Å². The minimum Gasteiger partial charge on any atom is -0.364 e. The number of hydrogen-bond donors (Lipinski definition) is 0. The Labute approximate surface area is 69.8 Å². The first kappa shape index (κ1) is 8.76. The minimum atomic E-state index is -0.971. The van der Waals surface area contributed by atoms with Crippen LogP contribution in [-0.4, -0.2) is 20.6 Å². The van der Waals surface area contributed by atoms with E-state index in [1.165, 1.54) is 6.42 Å². The zero-order valence-corrected chi connectivity index (χ0v) is 8.42. The third-order valence-corrected chi connectivity index (χ3v) is 4.87. The predicted molar refractivity (Wildman–Crippen MR) is 47.0 cm³/mol. The van der Waals surface area contributed by atoms with Gasteiger partial charge in [0.2, 0.25) is 0 Å². The lowest BCUT2D eigenvalue weighted by molar-refractivity contribution is 0.0156. The zero-order valence-electron chi connectivity index (χ0n) is 7.26. The van der Waals surface area contributed by atoms with Gasteiger partial charge in [0.25, 0.3) is 0 Å². The van der Waals surface area contributed by atoms with Crippen molar-refractivity contribution in [1.82, 2.24) is 0 Å². The molecule has 0 bridgehead atoms. The lowest BCUT2D eigenvalue weighted by Gasteiger charge is -2.33. The van der Waals surface area contributed by atoms with E-state index in [2.05, 4.69) is 19.2 Å². The Morgan fingerprint density at radius 2 is 2.18 bits per heavy atom. The fourth-order valence-electron chi connectivity index (χ4n) is 1.49. The maximum atomic E-state index is 8.97. The Kier molecular flexibility index (Phi) is 2.69. The fourth-order valence-corrected chi connectivity index (χ4v) is 2.98. The van der Waals surface area contributed by atoms with Gasteiger partial charge in [-0.2, -0.15) is 5.26 Å². The van der Waals surface area contributed by atoms with Crippen LogP contribution in [-0.2, 0) is 4.74 Å². The van der Waals surface area contributed by atoms with Gasteiger partial charge in [0, 0.05) is 6.61 Å². The van der Waals surface area contributed by atoms with Gasteiger partial charge >= 0.3 is 0 Å². The van der Waals surface area contributed by atoms with Crippen LogP contribution in [0.4, 0.5) is 0 Å². The molecule has 1 saturated heterocycles. The van der Waals surface area contributed by atoms with E-state index >= 15 is 0 Å². The van der Waals surface area contributed by atoms with Crippen LogP contribution in [0, 0.1) is 11.3 Å². The topological polar surface area (TPSA) is 33.0 Å². The van der Waals surface area contributed by atoms with E-state index in [4.69, 9.17) is 10.00 Å². The fraction of sp³-hybridized carbons (Fsp3) is 0.875. The van der Waals surface area contributed by atoms with Crippen LogP contribution in [0.25, 0.3) is 0 Å². The highest BCUT2D eigenvalue weighted by Crippen LogP contribution is 2.26. The molecule has 11 heavy (non-hydrogen) atoms. The summed E-state index contributed by atoms with van der Waals surface area (Å²) in [6.07, 6.45) is 3.26. The Bertz CT molecular complexity index is 167. The molecule has 3 heteroatoms. The monoisotopic (exact) mass is 169 g/mol. The standard InChI is InChI=1S/C8H15NOSi/c1-11(2)8(7-9)5-3-4-6-10-8/h11H,3-6H2,1-2H3. The van der Waals surface area contributed by atoms with Gasteiger partial charge < -0.3 is 4.74 Å². The van der Waals surface area contributed by atoms with Gasteiger partial charge in [-0.25, -0.2) is 0 Å². The molecule has 1 unspecified atom stereocenters. The largest absolute Gasteiger partial charge is 0.364 e. The van der Waals surface area contributed by atoms with Gasteiger partial charge in [0.1, 0.15) is 5.22 Å². The van der Waals surface area contributed by atoms with Crippen molar-refractivity contribution in [2.24, 2.45) is 0 Å². The molecule has 0 amide bonds. The summed E-state index contributed by atoms with van der Waals surface area (Å²) in [5.41, 5.74) is 0. The van der Waals surface area contributed by atoms with Gasteiger partial charge in [-0.1, -0.05) is 13.1 Å². The summed E-state index contributed by atoms with van der Waals surface area (Å²) in [6, 6.07) is 2.36. The van der Waals surface area contributed by atoms with E-state index in [-0.39, 0.29) is 5.22 Å². The molecule has 0 spiro atoms. The summed E-state index contributed by atoms with van der Waals surface area (Å²) < 4.78 is 5.58. The van der Waals surface area contributed by atoms with Crippen molar-refractivity contribution in [3.05, 3.63) is 0 Å². The molecule has 1 atom stereocenters. The van der Waals surface area contributed by atoms with E-state index < -0.39 is 8.80 Å². The molecule has 2 nitrogen and oxygen atoms in total. The predicted octanol–water partition coefficient (Wildman–Crippen LogP) is 1.48. The molecular formula is C8H15NOSi. The quantitative estimate of drug-likeness (QED) is 0.557. The molecule has 1 aliphatic rings. The van der Waals surface area contributed by atoms with Crippen molar-refractivity contribution in [1.29, 1.82) is 5.26 Å². The second-order valence-corrected chi connectivity index (χ2v) is 6.70. The van der Waals surface area contributed by atoms with Gasteiger partial charge in [-0.3, -0.25) is 0 Å². The molecule has 0 N–H and O–H groups in total. The average molecular weight is 169 g/mol. The molecule has 0 radical (unpaired) electrons. The van der Waals surface area contributed by atoms with Crippen LogP contribution >= 0.6 is 0 Å². The van der Waals surface area contributed by atoms with E-state index in [0.717, 1.165) is 19.4 Å². The van der Waals surface area contributed by atoms with Gasteiger partial charge in [-0.05, 0) is 19.3 Å². The number of rotatable bonds is 1. The molecule has 1 heterocycles. The summed E-state index contributed by atoms with van der Waals surface area (Å²) in [6.45, 7) is 5.17. The zero-order chi connectivity index (χ0) is 8.32. The number of hydrogen-bond acceptors (Lipinski definition) is 2. The Balaban J connectivity index is 2.67. The first-order valence-corrected chi connectivity index (χ1v) is 7.15. The summed E-state index contributed by atoms with van der Waals surface area (Å²) in [4.78, 5) is 0. The van der Waals surface area contributed by atoms with Crippen molar-refractivity contribution >= 4 is 8.80 Å². The van der Waals surface area contributed by atoms with Crippen LogP contribution in [0.5, 0.6) is 0 Å². The highest BCUT2D eigenvalue weighted by atomic mass is 28.3. The molecule has 0 aromatic carbocycles. The molecule has 0 aromatic heterocycles. The van der Waals surface area contributed by atoms with Gasteiger partial charge in [-0.15, -0.1) is 0 Å². The smallest absolute Gasteiger partial charge is 0.137 e. The lowest BCUT2D eigenvalue weighted by Crippen LogP contribution is -2.45. The van der Waals surface area contributed by atoms with Crippen molar-refractivity contribution in [3.63, 3.8) is 0 Å². The maximum Gasteiger partial charge on any atom is 0.137 e. The van der Waals surface area contributed by atoms with Crippen molar-refractivity contribution < 1.29 is 4.74 Å². The highest BCUT2D eigenvalue weighted by molar-refractivity contribution is 6.60. The molecule has 62 valence electrons. The highest BCUT2D eigenvalue weighted by Gasteiger charge is 2.37. The Morgan fingerprint density at radius 3 is 2.45 bits per heavy atom. The lowest BCUT2D eigenvalue weighted by atomic mass is 10.1. The molecule has 1 aliphatic heterocycles. The van der Waals surface area contributed by atoms with E-state index in [9.17, 15) is 0 Å². The molecule has 0 aromatic rings. The minimum absolute atomic E-state index is 0.335. The average Bonchev–Trinajstić information content (AvgIpc) is 2.05. The van der Waals surface area contributed by atoms with Crippen LogP contribution in [0.3, 0.4) is 0 Å². The first-order valence-electron chi connectivity index (χ1n) is 4.26. The normalized spacial score (nSPS) is 31.8. The molecule has 1 fully saturated rings. The van der Waals surface area contributed by atoms with Crippen LogP contribution < -0.4 is 0 Å². The van der Waals surface area contributed by atoms with Crippen molar-refractivity contribution in [2.45, 2.75) is 37.6 Å². The van der Waals surface area contributed by atoms with Gasteiger partial charge in [0.05, 0.1) is 14.9 Å². The third-order valence-electron chi connectivity index (χ3n) is 2.42. The second kappa shape index (κ2) is 3.38. The Hall–Kier alpha value is -0.333. The summed E-state index contributed by atoms with van der Waals surface area (Å²) in [5.74, 6) is 0. The Morgan fingerprint density at radius 1 is 1.45 bits per heavy atom. The maximum absolute atomic E-state index is 8.97. The van der Waals surface area contributed by atoms with Crippen LogP contribution in [0.1, 0.15) is 19.3 Å². The summed E-state index contributed by atoms with van der Waals surface area (Å²) in [7, 11) is -0.971. The van der Waals surface area contributed by atoms with Crippen LogP contribution in [0.2, 0.25) is 13.1 Å². The van der Waals surface area contributed by atoms with E-state index in [1.54, 1.807) is 0 Å². The first-order chi connectivity index (χ1) is 5.21. The van der Waals surface area contributed by atoms with E-state index in [1.807, 2.05) is 0 Å². The molecule has 0 aliphatic carbocycles. The van der Waals surface area contributed by atoms with Crippen molar-refractivity contribution in [3.8, 4) is 6.07 Å². The summed E-state index contributed by atoms with van der Waals surface area (Å²) in [5, 5.41) is 8.64.